The topological polar surface area (TPSA) is 79.4 Å². The van der Waals surface area contributed by atoms with Crippen LogP contribution in [0.4, 0.5) is 9.52 Å². The molecule has 0 spiro atoms. The molecule has 174 valence electrons. The van der Waals surface area contributed by atoms with E-state index in [1.165, 1.54) is 21.7 Å². The molecule has 4 rings (SSSR count). The lowest BCUT2D eigenvalue weighted by atomic mass is 9.97. The van der Waals surface area contributed by atoms with Gasteiger partial charge in [0.25, 0.3) is 0 Å². The highest BCUT2D eigenvalue weighted by Gasteiger charge is 2.32. The van der Waals surface area contributed by atoms with Crippen LogP contribution >= 0.6 is 11.3 Å². The van der Waals surface area contributed by atoms with Gasteiger partial charge in [-0.1, -0.05) is 24.3 Å². The van der Waals surface area contributed by atoms with E-state index in [0.29, 0.717) is 47.9 Å². The van der Waals surface area contributed by atoms with Crippen molar-refractivity contribution < 1.29 is 17.6 Å². The van der Waals surface area contributed by atoms with Gasteiger partial charge in [-0.25, -0.2) is 17.8 Å². The number of carbonyl (C=O) groups excluding carboxylic acids is 1. The van der Waals surface area contributed by atoms with E-state index in [0.717, 1.165) is 16.0 Å². The average Bonchev–Trinajstić information content (AvgIpc) is 3.24. The Labute approximate surface area is 197 Å². The monoisotopic (exact) mass is 487 g/mol. The van der Waals surface area contributed by atoms with Crippen LogP contribution in [-0.4, -0.2) is 36.7 Å². The molecule has 0 aliphatic carbocycles. The highest BCUT2D eigenvalue weighted by molar-refractivity contribution is 7.89. The van der Waals surface area contributed by atoms with Crippen molar-refractivity contribution in [2.75, 3.05) is 18.4 Å². The summed E-state index contributed by atoms with van der Waals surface area (Å²) in [5.74, 6) is -0.709. The van der Waals surface area contributed by atoms with Gasteiger partial charge in [-0.15, -0.1) is 11.3 Å². The first-order valence-electron chi connectivity index (χ1n) is 10.8. The Morgan fingerprint density at radius 1 is 1.15 bits per heavy atom. The first-order chi connectivity index (χ1) is 15.7. The number of piperidine rings is 1. The molecule has 0 saturated carbocycles. The van der Waals surface area contributed by atoms with Crippen molar-refractivity contribution in [3.8, 4) is 0 Å². The summed E-state index contributed by atoms with van der Waals surface area (Å²) in [4.78, 5) is 18.1. The molecule has 0 atom stereocenters. The summed E-state index contributed by atoms with van der Waals surface area (Å²) in [7, 11) is -3.58. The predicted molar refractivity (Wildman–Crippen MR) is 127 cm³/mol. The van der Waals surface area contributed by atoms with Crippen molar-refractivity contribution in [2.24, 2.45) is 5.92 Å². The van der Waals surface area contributed by atoms with Crippen molar-refractivity contribution in [3.05, 3.63) is 76.0 Å². The Kier molecular flexibility index (Phi) is 6.92. The molecule has 1 aliphatic rings. The first-order valence-corrected chi connectivity index (χ1v) is 13.1. The van der Waals surface area contributed by atoms with Crippen LogP contribution in [0.25, 0.3) is 0 Å². The van der Waals surface area contributed by atoms with Gasteiger partial charge in [0, 0.05) is 36.5 Å². The van der Waals surface area contributed by atoms with Crippen LogP contribution in [0.2, 0.25) is 0 Å². The number of anilines is 1. The number of rotatable bonds is 6. The zero-order valence-electron chi connectivity index (χ0n) is 18.5. The summed E-state index contributed by atoms with van der Waals surface area (Å²) in [6.45, 7) is 4.43. The number of aromatic nitrogens is 1. The number of nitrogens with zero attached hydrogens (tertiary/aromatic N) is 2. The Bertz CT molecular complexity index is 1270. The zero-order valence-corrected chi connectivity index (χ0v) is 20.2. The predicted octanol–water partition coefficient (Wildman–Crippen LogP) is 4.53. The van der Waals surface area contributed by atoms with Gasteiger partial charge >= 0.3 is 0 Å². The van der Waals surface area contributed by atoms with Crippen LogP contribution in [0.5, 0.6) is 0 Å². The van der Waals surface area contributed by atoms with Gasteiger partial charge in [-0.2, -0.15) is 4.31 Å². The summed E-state index contributed by atoms with van der Waals surface area (Å²) in [6, 6.07) is 11.7. The number of aryl methyl sites for hydroxylation is 2. The van der Waals surface area contributed by atoms with Gasteiger partial charge in [-0.3, -0.25) is 4.79 Å². The molecule has 1 aliphatic heterocycles. The standard InChI is InChI=1S/C24H26FN3O3S2/c1-16-7-8-21(13-17(16)2)33(30,31)28-11-9-18(10-12-28)23(29)27-24-26-15-20(32-24)14-19-5-3-4-6-22(19)25/h3-8,13,15,18H,9-12,14H2,1-2H3,(H,26,27,29). The van der Waals surface area contributed by atoms with Crippen molar-refractivity contribution in [1.29, 1.82) is 0 Å². The molecule has 1 saturated heterocycles. The van der Waals surface area contributed by atoms with E-state index in [4.69, 9.17) is 0 Å². The van der Waals surface area contributed by atoms with Crippen molar-refractivity contribution in [1.82, 2.24) is 9.29 Å². The number of thiazole rings is 1. The average molecular weight is 488 g/mol. The van der Waals surface area contributed by atoms with Gasteiger partial charge in [0.2, 0.25) is 15.9 Å². The fourth-order valence-corrected chi connectivity index (χ4v) is 6.26. The van der Waals surface area contributed by atoms with Gasteiger partial charge in [0.05, 0.1) is 4.90 Å². The Morgan fingerprint density at radius 2 is 1.88 bits per heavy atom. The SMILES string of the molecule is Cc1ccc(S(=O)(=O)N2CCC(C(=O)Nc3ncc(Cc4ccccc4F)s3)CC2)cc1C. The van der Waals surface area contributed by atoms with E-state index in [1.807, 2.05) is 19.9 Å². The van der Waals surface area contributed by atoms with Gasteiger partial charge in [0.1, 0.15) is 5.82 Å². The summed E-state index contributed by atoms with van der Waals surface area (Å²) >= 11 is 1.32. The lowest BCUT2D eigenvalue weighted by molar-refractivity contribution is -0.120. The second kappa shape index (κ2) is 9.70. The molecule has 6 nitrogen and oxygen atoms in total. The van der Waals surface area contributed by atoms with Crippen LogP contribution in [0.1, 0.15) is 34.4 Å². The molecule has 33 heavy (non-hydrogen) atoms. The van der Waals surface area contributed by atoms with Crippen LogP contribution in [0.3, 0.4) is 0 Å². The largest absolute Gasteiger partial charge is 0.302 e. The second-order valence-electron chi connectivity index (χ2n) is 8.31. The zero-order chi connectivity index (χ0) is 23.6. The molecule has 9 heteroatoms. The number of hydrogen-bond acceptors (Lipinski definition) is 5. The van der Waals surface area contributed by atoms with Crippen molar-refractivity contribution in [2.45, 2.75) is 38.0 Å². The molecule has 2 aromatic carbocycles. The minimum Gasteiger partial charge on any atom is -0.302 e. The van der Waals surface area contributed by atoms with Crippen LogP contribution in [0, 0.1) is 25.6 Å². The molecule has 1 amide bonds. The van der Waals surface area contributed by atoms with E-state index in [2.05, 4.69) is 10.3 Å². The van der Waals surface area contributed by atoms with E-state index >= 15 is 0 Å². The summed E-state index contributed by atoms with van der Waals surface area (Å²) in [5.41, 5.74) is 2.56. The van der Waals surface area contributed by atoms with Crippen molar-refractivity contribution in [3.63, 3.8) is 0 Å². The molecule has 0 unspecified atom stereocenters. The van der Waals surface area contributed by atoms with E-state index in [-0.39, 0.29) is 17.6 Å². The molecule has 1 N–H and O–H groups in total. The number of nitrogens with one attached hydrogen (secondary N) is 1. The lowest BCUT2D eigenvalue weighted by Crippen LogP contribution is -2.41. The third-order valence-corrected chi connectivity index (χ3v) is 8.85. The number of halogens is 1. The maximum atomic E-state index is 13.9. The molecule has 0 radical (unpaired) electrons. The van der Waals surface area contributed by atoms with E-state index in [9.17, 15) is 17.6 Å². The highest BCUT2D eigenvalue weighted by atomic mass is 32.2. The Morgan fingerprint density at radius 3 is 2.58 bits per heavy atom. The summed E-state index contributed by atoms with van der Waals surface area (Å²) < 4.78 is 41.3. The third-order valence-electron chi connectivity index (χ3n) is 6.05. The highest BCUT2D eigenvalue weighted by Crippen LogP contribution is 2.27. The smallest absolute Gasteiger partial charge is 0.243 e. The Hall–Kier alpha value is -2.62. The fraction of sp³-hybridized carbons (Fsp3) is 0.333. The van der Waals surface area contributed by atoms with Crippen LogP contribution < -0.4 is 5.32 Å². The number of benzene rings is 2. The number of carbonyl (C=O) groups is 1. The van der Waals surface area contributed by atoms with Gasteiger partial charge in [-0.05, 0) is 61.6 Å². The van der Waals surface area contributed by atoms with Gasteiger partial charge in [0.15, 0.2) is 5.13 Å². The Balaban J connectivity index is 1.34. The maximum Gasteiger partial charge on any atom is 0.243 e. The second-order valence-corrected chi connectivity index (χ2v) is 11.4. The lowest BCUT2D eigenvalue weighted by Gasteiger charge is -2.30. The van der Waals surface area contributed by atoms with Crippen molar-refractivity contribution >= 4 is 32.4 Å². The van der Waals surface area contributed by atoms with Crippen LogP contribution in [0.15, 0.2) is 53.6 Å². The fourth-order valence-electron chi connectivity index (χ4n) is 3.87. The first kappa shape index (κ1) is 23.5. The maximum absolute atomic E-state index is 13.9. The van der Waals surface area contributed by atoms with E-state index < -0.39 is 10.0 Å². The molecule has 1 aromatic heterocycles. The molecular weight excluding hydrogens is 461 g/mol. The molecular formula is C24H26FN3O3S2. The molecule has 3 aromatic rings. The third kappa shape index (κ3) is 5.31. The quantitative estimate of drug-likeness (QED) is 0.554. The summed E-state index contributed by atoms with van der Waals surface area (Å²) in [6.07, 6.45) is 2.95. The minimum atomic E-state index is -3.58. The molecule has 0 bridgehead atoms. The minimum absolute atomic E-state index is 0.162. The van der Waals surface area contributed by atoms with Gasteiger partial charge < -0.3 is 5.32 Å². The summed E-state index contributed by atoms with van der Waals surface area (Å²) in [5, 5.41) is 3.31. The number of hydrogen-bond donors (Lipinski definition) is 1. The molecule has 2 heterocycles. The van der Waals surface area contributed by atoms with E-state index in [1.54, 1.807) is 36.5 Å². The number of sulfonamides is 1. The normalized spacial score (nSPS) is 15.5. The van der Waals surface area contributed by atoms with Crippen LogP contribution in [-0.2, 0) is 21.2 Å². The number of amides is 1. The molecule has 1 fully saturated rings.